The maximum Gasteiger partial charge on any atom is 0.144 e. The monoisotopic (exact) mass is 610 g/mol. The van der Waals surface area contributed by atoms with Crippen LogP contribution in [0.15, 0.2) is 62.0 Å². The first kappa shape index (κ1) is 28.1. The number of rotatable bonds is 9. The Kier molecular flexibility index (Phi) is 7.25. The molecule has 1 N–H and O–H groups in total. The SMILES string of the molecule is N#CC[C@H](C1CCCC1)n1cc(-c2ncnc3c2ccn3C2CCC([C@H](CC#N)n3cc(-c4ncnc5[nH]ccc45)cn3)C2)cn1. The van der Waals surface area contributed by atoms with Gasteiger partial charge in [0.25, 0.3) is 0 Å². The van der Waals surface area contributed by atoms with E-state index in [-0.39, 0.29) is 18.1 Å². The highest BCUT2D eigenvalue weighted by molar-refractivity contribution is 5.91. The minimum atomic E-state index is -0.0358. The molecule has 4 atom stereocenters. The van der Waals surface area contributed by atoms with E-state index < -0.39 is 0 Å². The molecule has 0 saturated heterocycles. The second-order valence-corrected chi connectivity index (χ2v) is 12.7. The molecule has 6 aromatic heterocycles. The third kappa shape index (κ3) is 4.91. The smallest absolute Gasteiger partial charge is 0.144 e. The Morgan fingerprint density at radius 1 is 0.783 bits per heavy atom. The van der Waals surface area contributed by atoms with Crippen molar-refractivity contribution in [1.82, 2.24) is 49.0 Å². The first-order valence-electron chi connectivity index (χ1n) is 16.1. The fourth-order valence-electron chi connectivity index (χ4n) is 7.96. The van der Waals surface area contributed by atoms with Gasteiger partial charge < -0.3 is 9.55 Å². The number of nitrogens with one attached hydrogen (secondary N) is 1. The summed E-state index contributed by atoms with van der Waals surface area (Å²) in [6.07, 6.45) is 23.5. The van der Waals surface area contributed by atoms with E-state index in [4.69, 9.17) is 15.2 Å². The predicted molar refractivity (Wildman–Crippen MR) is 171 cm³/mol. The number of aromatic nitrogens is 10. The van der Waals surface area contributed by atoms with Crippen LogP contribution in [0.1, 0.15) is 75.9 Å². The molecule has 2 saturated carbocycles. The number of H-pyrrole nitrogens is 1. The zero-order valence-corrected chi connectivity index (χ0v) is 25.4. The van der Waals surface area contributed by atoms with Gasteiger partial charge in [-0.1, -0.05) is 12.8 Å². The third-order valence-electron chi connectivity index (χ3n) is 10.2. The molecule has 6 aromatic rings. The molecule has 0 amide bonds. The molecule has 2 aliphatic carbocycles. The van der Waals surface area contributed by atoms with Crippen molar-refractivity contribution in [2.75, 3.05) is 0 Å². The first-order chi connectivity index (χ1) is 22.7. The Morgan fingerprint density at radius 3 is 2.17 bits per heavy atom. The van der Waals surface area contributed by atoms with Gasteiger partial charge in [0.15, 0.2) is 0 Å². The van der Waals surface area contributed by atoms with Crippen molar-refractivity contribution < 1.29 is 0 Å². The quantitative estimate of drug-likeness (QED) is 0.193. The summed E-state index contributed by atoms with van der Waals surface area (Å²) >= 11 is 0. The number of nitriles is 2. The molecule has 0 bridgehead atoms. The lowest BCUT2D eigenvalue weighted by Crippen LogP contribution is -2.18. The second kappa shape index (κ2) is 11.9. The highest BCUT2D eigenvalue weighted by Crippen LogP contribution is 2.44. The van der Waals surface area contributed by atoms with E-state index in [0.717, 1.165) is 76.7 Å². The molecular weight excluding hydrogens is 576 g/mol. The number of aromatic amines is 1. The van der Waals surface area contributed by atoms with Crippen LogP contribution in [0.4, 0.5) is 0 Å². The lowest BCUT2D eigenvalue weighted by molar-refractivity contribution is 0.306. The molecule has 2 fully saturated rings. The van der Waals surface area contributed by atoms with E-state index in [0.29, 0.717) is 24.7 Å². The molecule has 6 heterocycles. The van der Waals surface area contributed by atoms with Gasteiger partial charge in [-0.05, 0) is 56.1 Å². The van der Waals surface area contributed by atoms with Crippen LogP contribution in [0.2, 0.25) is 0 Å². The van der Waals surface area contributed by atoms with Crippen LogP contribution in [-0.2, 0) is 0 Å². The average molecular weight is 611 g/mol. The molecule has 0 spiro atoms. The summed E-state index contributed by atoms with van der Waals surface area (Å²) in [5, 5.41) is 30.7. The molecule has 0 aliphatic heterocycles. The van der Waals surface area contributed by atoms with Crippen molar-refractivity contribution in [1.29, 1.82) is 10.5 Å². The molecule has 2 unspecified atom stereocenters. The van der Waals surface area contributed by atoms with Crippen LogP contribution in [0, 0.1) is 34.5 Å². The van der Waals surface area contributed by atoms with Gasteiger partial charge in [-0.2, -0.15) is 20.7 Å². The van der Waals surface area contributed by atoms with E-state index in [2.05, 4.69) is 55.1 Å². The Labute approximate surface area is 265 Å². The van der Waals surface area contributed by atoms with Crippen molar-refractivity contribution >= 4 is 22.1 Å². The Balaban J connectivity index is 1.04. The highest BCUT2D eigenvalue weighted by atomic mass is 15.3. The van der Waals surface area contributed by atoms with E-state index in [9.17, 15) is 10.5 Å². The first-order valence-corrected chi connectivity index (χ1v) is 16.1. The van der Waals surface area contributed by atoms with Crippen LogP contribution < -0.4 is 0 Å². The average Bonchev–Trinajstić information content (AvgIpc) is 3.93. The molecule has 12 heteroatoms. The fourth-order valence-corrected chi connectivity index (χ4v) is 7.96. The molecule has 0 radical (unpaired) electrons. The summed E-state index contributed by atoms with van der Waals surface area (Å²) < 4.78 is 6.23. The van der Waals surface area contributed by atoms with Crippen LogP contribution in [0.5, 0.6) is 0 Å². The van der Waals surface area contributed by atoms with Gasteiger partial charge in [-0.15, -0.1) is 0 Å². The van der Waals surface area contributed by atoms with E-state index in [1.165, 1.54) is 12.8 Å². The lowest BCUT2D eigenvalue weighted by Gasteiger charge is -2.22. The topological polar surface area (TPSA) is 156 Å². The third-order valence-corrected chi connectivity index (χ3v) is 10.2. The summed E-state index contributed by atoms with van der Waals surface area (Å²) in [5.41, 5.74) is 5.24. The minimum absolute atomic E-state index is 0.0358. The maximum absolute atomic E-state index is 9.79. The number of nitrogens with zero attached hydrogens (tertiary/aromatic N) is 11. The Hall–Kier alpha value is -5.36. The van der Waals surface area contributed by atoms with Crippen LogP contribution in [-0.4, -0.2) is 49.0 Å². The molecule has 230 valence electrons. The van der Waals surface area contributed by atoms with Crippen LogP contribution in [0.3, 0.4) is 0 Å². The summed E-state index contributed by atoms with van der Waals surface area (Å²) in [6.45, 7) is 0. The minimum Gasteiger partial charge on any atom is -0.346 e. The molecule has 46 heavy (non-hydrogen) atoms. The van der Waals surface area contributed by atoms with Gasteiger partial charge in [0.1, 0.15) is 23.9 Å². The highest BCUT2D eigenvalue weighted by Gasteiger charge is 2.34. The van der Waals surface area contributed by atoms with Crippen molar-refractivity contribution in [2.45, 2.75) is 75.9 Å². The predicted octanol–water partition coefficient (Wildman–Crippen LogP) is 6.57. The van der Waals surface area contributed by atoms with Crippen molar-refractivity contribution in [2.24, 2.45) is 11.8 Å². The number of fused-ring (bicyclic) bond motifs is 2. The zero-order valence-electron chi connectivity index (χ0n) is 25.4. The van der Waals surface area contributed by atoms with E-state index in [1.807, 2.05) is 40.2 Å². The second-order valence-electron chi connectivity index (χ2n) is 12.7. The Morgan fingerprint density at radius 2 is 1.46 bits per heavy atom. The van der Waals surface area contributed by atoms with Gasteiger partial charge in [0.05, 0.1) is 60.8 Å². The lowest BCUT2D eigenvalue weighted by atomic mass is 9.95. The fraction of sp³-hybridized carbons (Fsp3) is 0.412. The van der Waals surface area contributed by atoms with Crippen LogP contribution in [0.25, 0.3) is 44.6 Å². The standard InChI is InChI=1S/C34H34N12/c35-11-7-29(22-3-1-2-4-22)45-19-25(17-42-45)32-28-10-14-44(34(28)41-21-39-32)26-6-5-23(15-26)30(8-12-36)46-18-24(16-43-46)31-27-9-13-37-33(27)40-20-38-31/h9-10,13-14,16-23,26,29-30H,1-8,15H2,(H,37,38,40)/t23?,26?,29-,30+/m1/s1. The van der Waals surface area contributed by atoms with Crippen molar-refractivity contribution in [3.05, 3.63) is 62.0 Å². The van der Waals surface area contributed by atoms with Gasteiger partial charge in [0.2, 0.25) is 0 Å². The normalized spacial score (nSPS) is 19.9. The van der Waals surface area contributed by atoms with Crippen LogP contribution >= 0.6 is 0 Å². The van der Waals surface area contributed by atoms with Gasteiger partial charge in [-0.25, -0.2) is 19.9 Å². The van der Waals surface area contributed by atoms with Gasteiger partial charge in [0, 0.05) is 52.7 Å². The molecule has 12 nitrogen and oxygen atoms in total. The molecule has 2 aliphatic rings. The number of hydrogen-bond acceptors (Lipinski definition) is 8. The van der Waals surface area contributed by atoms with E-state index in [1.54, 1.807) is 12.7 Å². The summed E-state index contributed by atoms with van der Waals surface area (Å²) in [4.78, 5) is 21.4. The zero-order chi connectivity index (χ0) is 31.0. The summed E-state index contributed by atoms with van der Waals surface area (Å²) in [6, 6.07) is 9.19. The summed E-state index contributed by atoms with van der Waals surface area (Å²) in [7, 11) is 0. The van der Waals surface area contributed by atoms with Gasteiger partial charge >= 0.3 is 0 Å². The van der Waals surface area contributed by atoms with E-state index >= 15 is 0 Å². The van der Waals surface area contributed by atoms with Crippen molar-refractivity contribution in [3.8, 4) is 34.7 Å². The number of hydrogen-bond donors (Lipinski definition) is 1. The van der Waals surface area contributed by atoms with Gasteiger partial charge in [-0.3, -0.25) is 9.36 Å². The van der Waals surface area contributed by atoms with Crippen molar-refractivity contribution in [3.63, 3.8) is 0 Å². The maximum atomic E-state index is 9.79. The Bertz CT molecular complexity index is 2080. The molecule has 0 aromatic carbocycles. The molecule has 8 rings (SSSR count). The molecular formula is C34H34N12. The summed E-state index contributed by atoms with van der Waals surface area (Å²) in [5.74, 6) is 0.787. The largest absolute Gasteiger partial charge is 0.346 e.